The smallest absolute Gasteiger partial charge is 0.108 e. The molecule has 1 atom stereocenters. The van der Waals surface area contributed by atoms with Crippen LogP contribution in [0.3, 0.4) is 0 Å². The molecule has 13 rings (SSSR count). The molecule has 0 amide bonds. The molecule has 13 aromatic rings. The SMILES string of the molecule is P[Si]c1ccc(N(c2ccc(-c3ccc4c5ccccc5c5c(c(-c6ccccc6)c6ccccn65)c4c3)cc2)c2ccc(-c3ccc4c(c3)c3ccccc3n4-c3ccccc3)cc2)cc1. The topological polar surface area (TPSA) is 12.6 Å². The van der Waals surface area contributed by atoms with Crippen molar-refractivity contribution in [3.63, 3.8) is 0 Å². The maximum Gasteiger partial charge on any atom is 0.108 e. The minimum Gasteiger partial charge on any atom is -0.315 e. The fourth-order valence-electron chi connectivity index (χ4n) is 10.5. The average molecular weight is 888 g/mol. The standard InChI is InChI=1S/C62H42N3PSi/c66-67-50-34-32-49(33-35-50)64(48-30-24-42(25-31-48)45-27-37-58-55(39-45)53-18-9-10-20-57(53)65(58)46-15-5-2-6-16-46)47-28-22-41(23-29-47)44-26-36-52-51-17-7-8-19-54(51)62-61(56(52)40-44)60(43-13-3-1-4-14-43)59-21-11-12-38-63(59)62/h1-40H,66H2. The van der Waals surface area contributed by atoms with E-state index >= 15 is 0 Å². The normalized spacial score (nSPS) is 11.7. The molecule has 5 heteroatoms. The fourth-order valence-corrected chi connectivity index (χ4v) is 11.4. The van der Waals surface area contributed by atoms with E-state index in [1.807, 2.05) is 0 Å². The highest BCUT2D eigenvalue weighted by Crippen LogP contribution is 2.45. The molecule has 0 aliphatic heterocycles. The van der Waals surface area contributed by atoms with E-state index in [0.29, 0.717) is 9.19 Å². The van der Waals surface area contributed by atoms with E-state index in [2.05, 4.69) is 265 Å². The number of rotatable bonds is 8. The van der Waals surface area contributed by atoms with Crippen LogP contribution in [0.15, 0.2) is 243 Å². The highest BCUT2D eigenvalue weighted by atomic mass is 31.3. The molecule has 0 fully saturated rings. The second kappa shape index (κ2) is 16.1. The number of hydrogen-bond acceptors (Lipinski definition) is 1. The molecule has 3 heterocycles. The van der Waals surface area contributed by atoms with Crippen LogP contribution < -0.4 is 10.1 Å². The zero-order valence-corrected chi connectivity index (χ0v) is 38.7. The lowest BCUT2D eigenvalue weighted by Crippen LogP contribution is -2.13. The molecule has 0 spiro atoms. The summed E-state index contributed by atoms with van der Waals surface area (Å²) in [6.45, 7) is 0. The molecule has 0 aliphatic carbocycles. The Bertz CT molecular complexity index is 3990. The lowest BCUT2D eigenvalue weighted by atomic mass is 9.91. The van der Waals surface area contributed by atoms with Crippen molar-refractivity contribution in [2.45, 2.75) is 0 Å². The lowest BCUT2D eigenvalue weighted by molar-refractivity contribution is 1.18. The van der Waals surface area contributed by atoms with Gasteiger partial charge in [-0.3, -0.25) is 0 Å². The Morgan fingerprint density at radius 1 is 0.358 bits per heavy atom. The summed E-state index contributed by atoms with van der Waals surface area (Å²) < 4.78 is 4.76. The molecule has 3 nitrogen and oxygen atoms in total. The van der Waals surface area contributed by atoms with E-state index in [0.717, 1.165) is 17.1 Å². The molecular weight excluding hydrogens is 846 g/mol. The van der Waals surface area contributed by atoms with Crippen molar-refractivity contribution in [1.82, 2.24) is 8.97 Å². The van der Waals surface area contributed by atoms with Crippen molar-refractivity contribution in [3.05, 3.63) is 243 Å². The number of pyridine rings is 1. The van der Waals surface area contributed by atoms with Crippen LogP contribution in [0.4, 0.5) is 17.1 Å². The van der Waals surface area contributed by atoms with E-state index in [1.54, 1.807) is 0 Å². The fraction of sp³-hybridized carbons (Fsp3) is 0. The van der Waals surface area contributed by atoms with Gasteiger partial charge in [-0.1, -0.05) is 157 Å². The van der Waals surface area contributed by atoms with Gasteiger partial charge in [0.25, 0.3) is 0 Å². The monoisotopic (exact) mass is 887 g/mol. The second-order valence-electron chi connectivity index (χ2n) is 17.3. The van der Waals surface area contributed by atoms with E-state index in [-0.39, 0.29) is 0 Å². The first kappa shape index (κ1) is 39.4. The minimum absolute atomic E-state index is 0.660. The molecular formula is C62H42N3PSi. The van der Waals surface area contributed by atoms with Crippen molar-refractivity contribution < 1.29 is 0 Å². The van der Waals surface area contributed by atoms with Gasteiger partial charge >= 0.3 is 0 Å². The van der Waals surface area contributed by atoms with Crippen LogP contribution in [0.2, 0.25) is 0 Å². The Hall–Kier alpha value is -8.01. The van der Waals surface area contributed by atoms with Crippen LogP contribution in [-0.2, 0) is 0 Å². The quantitative estimate of drug-likeness (QED) is 0.0841. The third-order valence-electron chi connectivity index (χ3n) is 13.6. The van der Waals surface area contributed by atoms with E-state index < -0.39 is 0 Å². The summed E-state index contributed by atoms with van der Waals surface area (Å²) in [5.74, 6) is 0. The molecule has 3 aromatic heterocycles. The Balaban J connectivity index is 0.905. The highest BCUT2D eigenvalue weighted by molar-refractivity contribution is 7.58. The largest absolute Gasteiger partial charge is 0.315 e. The summed E-state index contributed by atoms with van der Waals surface area (Å²) >= 11 is 0. The Morgan fingerprint density at radius 3 is 1.55 bits per heavy atom. The van der Waals surface area contributed by atoms with Gasteiger partial charge in [0.1, 0.15) is 9.19 Å². The van der Waals surface area contributed by atoms with Crippen LogP contribution in [0.5, 0.6) is 0 Å². The van der Waals surface area contributed by atoms with Gasteiger partial charge in [0.2, 0.25) is 0 Å². The number of anilines is 3. The Labute approximate surface area is 393 Å². The van der Waals surface area contributed by atoms with Gasteiger partial charge < -0.3 is 13.9 Å². The predicted molar refractivity (Wildman–Crippen MR) is 290 cm³/mol. The van der Waals surface area contributed by atoms with Crippen molar-refractivity contribution in [2.24, 2.45) is 0 Å². The molecule has 1 unspecified atom stereocenters. The molecule has 314 valence electrons. The molecule has 0 saturated heterocycles. The summed E-state index contributed by atoms with van der Waals surface area (Å²) in [7, 11) is 3.54. The number of fused-ring (bicyclic) bond motifs is 11. The third-order valence-corrected chi connectivity index (χ3v) is 15.2. The molecule has 0 saturated carbocycles. The molecule has 10 aromatic carbocycles. The predicted octanol–water partition coefficient (Wildman–Crippen LogP) is 16.1. The van der Waals surface area contributed by atoms with Crippen LogP contribution in [0.1, 0.15) is 0 Å². The van der Waals surface area contributed by atoms with Gasteiger partial charge in [-0.15, -0.1) is 8.79 Å². The van der Waals surface area contributed by atoms with Crippen molar-refractivity contribution in [2.75, 3.05) is 4.90 Å². The summed E-state index contributed by atoms with van der Waals surface area (Å²) in [5.41, 5.74) is 16.6. The van der Waals surface area contributed by atoms with Crippen LogP contribution >= 0.6 is 8.79 Å². The average Bonchev–Trinajstić information content (AvgIpc) is 3.93. The summed E-state index contributed by atoms with van der Waals surface area (Å²) in [5, 5.41) is 10.2. The molecule has 0 aliphatic rings. The van der Waals surface area contributed by atoms with E-state index in [1.165, 1.54) is 104 Å². The third kappa shape index (κ3) is 6.52. The molecule has 0 bridgehead atoms. The van der Waals surface area contributed by atoms with Crippen LogP contribution in [0.25, 0.3) is 98.8 Å². The summed E-state index contributed by atoms with van der Waals surface area (Å²) in [6.07, 6.45) is 2.21. The molecule has 67 heavy (non-hydrogen) atoms. The summed E-state index contributed by atoms with van der Waals surface area (Å²) in [6, 6.07) is 86.7. The van der Waals surface area contributed by atoms with Crippen molar-refractivity contribution in [1.29, 1.82) is 0 Å². The summed E-state index contributed by atoms with van der Waals surface area (Å²) in [4.78, 5) is 2.37. The zero-order valence-electron chi connectivity index (χ0n) is 36.5. The van der Waals surface area contributed by atoms with Gasteiger partial charge in [-0.25, -0.2) is 0 Å². The molecule has 2 radical (unpaired) electrons. The van der Waals surface area contributed by atoms with Gasteiger partial charge in [0, 0.05) is 56.1 Å². The number of aromatic nitrogens is 2. The first-order valence-corrected chi connectivity index (χ1v) is 25.6. The van der Waals surface area contributed by atoms with E-state index in [4.69, 9.17) is 0 Å². The Morgan fingerprint density at radius 2 is 0.866 bits per heavy atom. The maximum absolute atomic E-state index is 2.88. The van der Waals surface area contributed by atoms with Gasteiger partial charge in [-0.05, 0) is 129 Å². The van der Waals surface area contributed by atoms with Gasteiger partial charge in [0.15, 0.2) is 0 Å². The first-order chi connectivity index (χ1) is 33.2. The number of nitrogens with zero attached hydrogens (tertiary/aromatic N) is 3. The minimum atomic E-state index is 0.660. The number of hydrogen-bond donors (Lipinski definition) is 0. The zero-order chi connectivity index (χ0) is 44.4. The highest BCUT2D eigenvalue weighted by Gasteiger charge is 2.21. The van der Waals surface area contributed by atoms with Crippen molar-refractivity contribution in [3.8, 4) is 39.1 Å². The second-order valence-corrected chi connectivity index (χ2v) is 19.0. The van der Waals surface area contributed by atoms with Crippen molar-refractivity contribution >= 4 is 100.0 Å². The van der Waals surface area contributed by atoms with E-state index in [9.17, 15) is 0 Å². The van der Waals surface area contributed by atoms with Gasteiger partial charge in [-0.2, -0.15) is 0 Å². The number of benzene rings is 10. The lowest BCUT2D eigenvalue weighted by Gasteiger charge is -2.26. The van der Waals surface area contributed by atoms with Crippen LogP contribution in [-0.4, -0.2) is 18.2 Å². The van der Waals surface area contributed by atoms with Gasteiger partial charge in [0.05, 0.1) is 22.1 Å². The van der Waals surface area contributed by atoms with Crippen LogP contribution in [0, 0.1) is 0 Å². The molecule has 0 N–H and O–H groups in total. The number of para-hydroxylation sites is 2. The first-order valence-electron chi connectivity index (χ1n) is 22.8. The Kier molecular flexibility index (Phi) is 9.49. The maximum atomic E-state index is 2.88.